The van der Waals surface area contributed by atoms with E-state index in [0.717, 1.165) is 6.20 Å². The summed E-state index contributed by atoms with van der Waals surface area (Å²) >= 11 is 6.05. The van der Waals surface area contributed by atoms with Crippen molar-refractivity contribution in [2.24, 2.45) is 0 Å². The van der Waals surface area contributed by atoms with Crippen LogP contribution in [0.2, 0.25) is 5.02 Å². The van der Waals surface area contributed by atoms with Gasteiger partial charge in [0, 0.05) is 23.3 Å². The highest BCUT2D eigenvalue weighted by molar-refractivity contribution is 6.31. The lowest BCUT2D eigenvalue weighted by Crippen LogP contribution is -2.24. The zero-order valence-corrected chi connectivity index (χ0v) is 11.4. The van der Waals surface area contributed by atoms with Crippen LogP contribution >= 0.6 is 11.6 Å². The molecular formula is C14H12ClFN2O2. The number of amides is 1. The number of rotatable bonds is 4. The Balaban J connectivity index is 2.14. The number of hydrogen-bond acceptors (Lipinski definition) is 3. The summed E-state index contributed by atoms with van der Waals surface area (Å²) in [6, 6.07) is 6.49. The van der Waals surface area contributed by atoms with Gasteiger partial charge in [0.25, 0.3) is 5.91 Å². The third-order valence-electron chi connectivity index (χ3n) is 2.74. The molecule has 1 aromatic heterocycles. The van der Waals surface area contributed by atoms with Crippen LogP contribution in [0.15, 0.2) is 36.7 Å². The van der Waals surface area contributed by atoms with Crippen molar-refractivity contribution in [1.29, 1.82) is 0 Å². The van der Waals surface area contributed by atoms with E-state index in [1.165, 1.54) is 19.4 Å². The van der Waals surface area contributed by atoms with Gasteiger partial charge in [0.1, 0.15) is 5.75 Å². The van der Waals surface area contributed by atoms with Gasteiger partial charge < -0.3 is 10.1 Å². The maximum absolute atomic E-state index is 13.4. The minimum absolute atomic E-state index is 0.0639. The molecule has 0 saturated carbocycles. The molecule has 0 spiro atoms. The molecule has 0 radical (unpaired) electrons. The fraction of sp³-hybridized carbons (Fsp3) is 0.143. The van der Waals surface area contributed by atoms with Crippen molar-refractivity contribution >= 4 is 17.5 Å². The first kappa shape index (κ1) is 14.3. The Labute approximate surface area is 120 Å². The van der Waals surface area contributed by atoms with Crippen LogP contribution in [-0.2, 0) is 6.54 Å². The van der Waals surface area contributed by atoms with E-state index >= 15 is 0 Å². The molecule has 0 aliphatic carbocycles. The lowest BCUT2D eigenvalue weighted by molar-refractivity contribution is 0.0946. The number of benzene rings is 1. The van der Waals surface area contributed by atoms with Crippen LogP contribution < -0.4 is 10.1 Å². The zero-order valence-electron chi connectivity index (χ0n) is 10.7. The number of nitrogens with one attached hydrogen (secondary N) is 1. The van der Waals surface area contributed by atoms with Crippen molar-refractivity contribution < 1.29 is 13.9 Å². The average Bonchev–Trinajstić information content (AvgIpc) is 2.46. The topological polar surface area (TPSA) is 51.2 Å². The Morgan fingerprint density at radius 1 is 1.45 bits per heavy atom. The first-order chi connectivity index (χ1) is 9.63. The van der Waals surface area contributed by atoms with Gasteiger partial charge in [-0.15, -0.1) is 0 Å². The second-order valence-electron chi connectivity index (χ2n) is 3.96. The minimum atomic E-state index is -0.670. The second kappa shape index (κ2) is 6.34. The second-order valence-corrected chi connectivity index (χ2v) is 4.37. The molecule has 0 bridgehead atoms. The largest absolute Gasteiger partial charge is 0.496 e. The normalized spacial score (nSPS) is 10.2. The maximum Gasteiger partial charge on any atom is 0.254 e. The summed E-state index contributed by atoms with van der Waals surface area (Å²) < 4.78 is 18.6. The van der Waals surface area contributed by atoms with Gasteiger partial charge in [-0.1, -0.05) is 17.7 Å². The van der Waals surface area contributed by atoms with E-state index in [9.17, 15) is 9.18 Å². The fourth-order valence-electron chi connectivity index (χ4n) is 1.72. The molecule has 0 aliphatic rings. The highest BCUT2D eigenvalue weighted by Gasteiger charge is 2.13. The number of methoxy groups -OCH3 is 1. The first-order valence-corrected chi connectivity index (χ1v) is 6.20. The van der Waals surface area contributed by atoms with Crippen molar-refractivity contribution in [1.82, 2.24) is 10.3 Å². The standard InChI is InChI=1S/C14H12ClFN2O2/c1-20-13-4-2-3-11(15)10(13)7-18-14(19)9-5-6-17-8-12(9)16/h2-6,8H,7H2,1H3,(H,18,19). The van der Waals surface area contributed by atoms with Crippen LogP contribution in [0.4, 0.5) is 4.39 Å². The lowest BCUT2D eigenvalue weighted by atomic mass is 10.2. The maximum atomic E-state index is 13.4. The highest BCUT2D eigenvalue weighted by atomic mass is 35.5. The van der Waals surface area contributed by atoms with Gasteiger partial charge in [0.05, 0.1) is 18.9 Å². The predicted molar refractivity (Wildman–Crippen MR) is 73.4 cm³/mol. The van der Waals surface area contributed by atoms with Crippen molar-refractivity contribution in [3.63, 3.8) is 0 Å². The number of halogens is 2. The Bertz CT molecular complexity index is 634. The van der Waals surface area contributed by atoms with E-state index in [2.05, 4.69) is 10.3 Å². The first-order valence-electron chi connectivity index (χ1n) is 5.82. The summed E-state index contributed by atoms with van der Waals surface area (Å²) in [7, 11) is 1.51. The number of pyridine rings is 1. The van der Waals surface area contributed by atoms with Gasteiger partial charge in [-0.05, 0) is 18.2 Å². The van der Waals surface area contributed by atoms with Crippen LogP contribution in [0.5, 0.6) is 5.75 Å². The number of hydrogen-bond donors (Lipinski definition) is 1. The van der Waals surface area contributed by atoms with Gasteiger partial charge in [-0.3, -0.25) is 9.78 Å². The van der Waals surface area contributed by atoms with E-state index in [0.29, 0.717) is 16.3 Å². The molecule has 4 nitrogen and oxygen atoms in total. The molecule has 1 N–H and O–H groups in total. The molecule has 1 amide bonds. The van der Waals surface area contributed by atoms with Crippen LogP contribution in [0.25, 0.3) is 0 Å². The molecule has 6 heteroatoms. The number of carbonyl (C=O) groups is 1. The molecule has 104 valence electrons. The molecule has 20 heavy (non-hydrogen) atoms. The van der Waals surface area contributed by atoms with E-state index in [1.54, 1.807) is 18.2 Å². The fourth-order valence-corrected chi connectivity index (χ4v) is 1.96. The van der Waals surface area contributed by atoms with Crippen LogP contribution in [-0.4, -0.2) is 18.0 Å². The molecule has 0 unspecified atom stereocenters. The summed E-state index contributed by atoms with van der Waals surface area (Å²) in [5.41, 5.74) is 0.575. The third kappa shape index (κ3) is 3.05. The number of ether oxygens (including phenoxy) is 1. The van der Waals surface area contributed by atoms with E-state index in [-0.39, 0.29) is 12.1 Å². The van der Waals surface area contributed by atoms with Crippen molar-refractivity contribution in [2.45, 2.75) is 6.54 Å². The smallest absolute Gasteiger partial charge is 0.254 e. The number of nitrogens with zero attached hydrogens (tertiary/aromatic N) is 1. The molecular weight excluding hydrogens is 283 g/mol. The summed E-state index contributed by atoms with van der Waals surface area (Å²) in [4.78, 5) is 15.5. The summed E-state index contributed by atoms with van der Waals surface area (Å²) in [6.45, 7) is 0.142. The van der Waals surface area contributed by atoms with Crippen LogP contribution in [0.1, 0.15) is 15.9 Å². The third-order valence-corrected chi connectivity index (χ3v) is 3.09. The Morgan fingerprint density at radius 2 is 2.25 bits per heavy atom. The van der Waals surface area contributed by atoms with Gasteiger partial charge >= 0.3 is 0 Å². The van der Waals surface area contributed by atoms with Crippen molar-refractivity contribution in [2.75, 3.05) is 7.11 Å². The Kier molecular flexibility index (Phi) is 4.53. The molecule has 2 rings (SSSR count). The van der Waals surface area contributed by atoms with E-state index in [1.807, 2.05) is 0 Å². The minimum Gasteiger partial charge on any atom is -0.496 e. The van der Waals surface area contributed by atoms with Crippen LogP contribution in [0, 0.1) is 5.82 Å². The van der Waals surface area contributed by atoms with Crippen molar-refractivity contribution in [3.05, 3.63) is 58.6 Å². The Hall–Kier alpha value is -2.14. The number of carbonyl (C=O) groups excluding carboxylic acids is 1. The molecule has 2 aromatic rings. The van der Waals surface area contributed by atoms with Crippen LogP contribution in [0.3, 0.4) is 0 Å². The molecule has 0 fully saturated rings. The van der Waals surface area contributed by atoms with Gasteiger partial charge in [-0.2, -0.15) is 0 Å². The van der Waals surface area contributed by atoms with Crippen molar-refractivity contribution in [3.8, 4) is 5.75 Å². The van der Waals surface area contributed by atoms with E-state index in [4.69, 9.17) is 16.3 Å². The molecule has 0 atom stereocenters. The highest BCUT2D eigenvalue weighted by Crippen LogP contribution is 2.25. The quantitative estimate of drug-likeness (QED) is 0.943. The molecule has 0 saturated heterocycles. The van der Waals surface area contributed by atoms with Gasteiger partial charge in [0.15, 0.2) is 5.82 Å². The van der Waals surface area contributed by atoms with Gasteiger partial charge in [-0.25, -0.2) is 4.39 Å². The Morgan fingerprint density at radius 3 is 2.95 bits per heavy atom. The zero-order chi connectivity index (χ0) is 14.5. The lowest BCUT2D eigenvalue weighted by Gasteiger charge is -2.11. The molecule has 1 aromatic carbocycles. The van der Waals surface area contributed by atoms with Gasteiger partial charge in [0.2, 0.25) is 0 Å². The molecule has 0 aliphatic heterocycles. The summed E-state index contributed by atoms with van der Waals surface area (Å²) in [5.74, 6) is -0.643. The summed E-state index contributed by atoms with van der Waals surface area (Å²) in [5, 5.41) is 3.07. The SMILES string of the molecule is COc1cccc(Cl)c1CNC(=O)c1ccncc1F. The predicted octanol–water partition coefficient (Wildman–Crippen LogP) is 2.81. The molecule has 1 heterocycles. The monoisotopic (exact) mass is 294 g/mol. The number of aromatic nitrogens is 1. The average molecular weight is 295 g/mol. The summed E-state index contributed by atoms with van der Waals surface area (Å²) in [6.07, 6.45) is 2.35. The van der Waals surface area contributed by atoms with E-state index < -0.39 is 11.7 Å².